The summed E-state index contributed by atoms with van der Waals surface area (Å²) in [4.78, 5) is 23.7. The van der Waals surface area contributed by atoms with Gasteiger partial charge in [-0.05, 0) is 24.6 Å². The summed E-state index contributed by atoms with van der Waals surface area (Å²) in [5.41, 5.74) is 0.654. The topological polar surface area (TPSA) is 96.9 Å². The van der Waals surface area contributed by atoms with Gasteiger partial charge < -0.3 is 25.2 Å². The highest BCUT2D eigenvalue weighted by atomic mass is 16.5. The molecule has 1 aliphatic rings. The van der Waals surface area contributed by atoms with Crippen molar-refractivity contribution in [3.05, 3.63) is 23.8 Å². The van der Waals surface area contributed by atoms with Crippen LogP contribution in [0.25, 0.3) is 0 Å². The van der Waals surface area contributed by atoms with Crippen LogP contribution in [0.5, 0.6) is 11.5 Å². The molecular weight excluding hydrogens is 276 g/mol. The first kappa shape index (κ1) is 15.0. The Morgan fingerprint density at radius 3 is 2.62 bits per heavy atom. The zero-order chi connectivity index (χ0) is 15.6. The van der Waals surface area contributed by atoms with Crippen LogP contribution in [0.4, 0.5) is 4.79 Å². The van der Waals surface area contributed by atoms with Gasteiger partial charge in [0.15, 0.2) is 11.5 Å². The van der Waals surface area contributed by atoms with E-state index in [9.17, 15) is 14.7 Å². The van der Waals surface area contributed by atoms with Gasteiger partial charge in [-0.1, -0.05) is 6.07 Å². The van der Waals surface area contributed by atoms with Crippen molar-refractivity contribution < 1.29 is 24.2 Å². The number of rotatable bonds is 3. The van der Waals surface area contributed by atoms with E-state index in [1.54, 1.807) is 19.1 Å². The van der Waals surface area contributed by atoms with Gasteiger partial charge in [0.05, 0.1) is 20.3 Å². The first-order chi connectivity index (χ1) is 9.97. The number of aromatic hydroxyl groups is 1. The van der Waals surface area contributed by atoms with Crippen molar-refractivity contribution in [2.45, 2.75) is 19.0 Å². The number of nitrogens with one attached hydrogen (secondary N) is 2. The highest BCUT2D eigenvalue weighted by Gasteiger charge is 2.40. The molecule has 0 bridgehead atoms. The lowest BCUT2D eigenvalue weighted by molar-refractivity contribution is -0.147. The molecule has 114 valence electrons. The fourth-order valence-corrected chi connectivity index (χ4v) is 2.51. The largest absolute Gasteiger partial charge is 0.504 e. The number of carbonyl (C=O) groups excluding carboxylic acids is 2. The van der Waals surface area contributed by atoms with Crippen molar-refractivity contribution in [2.75, 3.05) is 14.2 Å². The highest BCUT2D eigenvalue weighted by molar-refractivity contribution is 5.82. The summed E-state index contributed by atoms with van der Waals surface area (Å²) in [5, 5.41) is 15.0. The van der Waals surface area contributed by atoms with Gasteiger partial charge in [-0.3, -0.25) is 4.79 Å². The summed E-state index contributed by atoms with van der Waals surface area (Å²) in [6.07, 6.45) is 0. The number of phenols is 1. The van der Waals surface area contributed by atoms with Crippen molar-refractivity contribution in [2.24, 2.45) is 5.92 Å². The Hall–Kier alpha value is -2.44. The van der Waals surface area contributed by atoms with Crippen molar-refractivity contribution in [1.29, 1.82) is 0 Å². The van der Waals surface area contributed by atoms with E-state index in [1.807, 2.05) is 0 Å². The molecule has 7 nitrogen and oxygen atoms in total. The van der Waals surface area contributed by atoms with Crippen molar-refractivity contribution in [3.8, 4) is 11.5 Å². The number of amides is 2. The van der Waals surface area contributed by atoms with Crippen molar-refractivity contribution in [3.63, 3.8) is 0 Å². The summed E-state index contributed by atoms with van der Waals surface area (Å²) >= 11 is 0. The summed E-state index contributed by atoms with van der Waals surface area (Å²) < 4.78 is 9.87. The normalized spacial score (nSPS) is 24.7. The lowest BCUT2D eigenvalue weighted by Crippen LogP contribution is -2.57. The van der Waals surface area contributed by atoms with Gasteiger partial charge in [0.25, 0.3) is 0 Å². The predicted molar refractivity (Wildman–Crippen MR) is 74.0 cm³/mol. The Morgan fingerprint density at radius 2 is 2.00 bits per heavy atom. The molecule has 3 unspecified atom stereocenters. The SMILES string of the molecule is COC(=O)C1C(C)NC(=O)NC1c1ccc(O)c(OC)c1. The fourth-order valence-electron chi connectivity index (χ4n) is 2.51. The minimum atomic E-state index is -0.582. The molecule has 1 aromatic rings. The van der Waals surface area contributed by atoms with Gasteiger partial charge in [0.2, 0.25) is 0 Å². The zero-order valence-corrected chi connectivity index (χ0v) is 12.0. The van der Waals surface area contributed by atoms with Gasteiger partial charge in [-0.2, -0.15) is 0 Å². The quantitative estimate of drug-likeness (QED) is 0.721. The molecule has 1 heterocycles. The van der Waals surface area contributed by atoms with E-state index in [2.05, 4.69) is 10.6 Å². The summed E-state index contributed by atoms with van der Waals surface area (Å²) in [6, 6.07) is 3.39. The minimum absolute atomic E-state index is 0.0100. The van der Waals surface area contributed by atoms with Gasteiger partial charge in [0, 0.05) is 6.04 Å². The number of hydrogen-bond acceptors (Lipinski definition) is 5. The number of esters is 1. The standard InChI is InChI=1S/C14H18N2O5/c1-7-11(13(18)21-3)12(16-14(19)15-7)8-4-5-9(17)10(6-8)20-2/h4-7,11-12,17H,1-3H3,(H2,15,16,19). The molecule has 3 atom stereocenters. The molecule has 1 aromatic carbocycles. The van der Waals surface area contributed by atoms with E-state index in [0.29, 0.717) is 5.56 Å². The average molecular weight is 294 g/mol. The van der Waals surface area contributed by atoms with Gasteiger partial charge in [-0.15, -0.1) is 0 Å². The van der Waals surface area contributed by atoms with Crippen LogP contribution in [-0.4, -0.2) is 37.4 Å². The fraction of sp³-hybridized carbons (Fsp3) is 0.429. The van der Waals surface area contributed by atoms with E-state index >= 15 is 0 Å². The molecule has 1 fully saturated rings. The molecule has 1 saturated heterocycles. The summed E-state index contributed by atoms with van der Waals surface area (Å²) in [5.74, 6) is -0.741. The Balaban J connectivity index is 2.41. The molecule has 7 heteroatoms. The maximum absolute atomic E-state index is 12.0. The maximum Gasteiger partial charge on any atom is 0.315 e. The van der Waals surface area contributed by atoms with E-state index in [-0.39, 0.29) is 23.6 Å². The molecule has 0 aliphatic carbocycles. The molecule has 1 aliphatic heterocycles. The zero-order valence-electron chi connectivity index (χ0n) is 12.0. The second kappa shape index (κ2) is 5.90. The van der Waals surface area contributed by atoms with Crippen LogP contribution in [0.1, 0.15) is 18.5 Å². The molecule has 3 N–H and O–H groups in total. The third-order valence-electron chi connectivity index (χ3n) is 3.58. The van der Waals surface area contributed by atoms with Crippen LogP contribution in [0, 0.1) is 5.92 Å². The maximum atomic E-state index is 12.0. The molecule has 21 heavy (non-hydrogen) atoms. The average Bonchev–Trinajstić information content (AvgIpc) is 2.46. The Bertz CT molecular complexity index is 560. The summed E-state index contributed by atoms with van der Waals surface area (Å²) in [6.45, 7) is 1.74. The van der Waals surface area contributed by atoms with Gasteiger partial charge in [-0.25, -0.2) is 4.79 Å². The molecule has 2 amide bonds. The van der Waals surface area contributed by atoms with E-state index in [4.69, 9.17) is 9.47 Å². The van der Waals surface area contributed by atoms with Crippen LogP contribution in [-0.2, 0) is 9.53 Å². The molecule has 0 aromatic heterocycles. The number of benzene rings is 1. The van der Waals surface area contributed by atoms with Crippen LogP contribution in [0.2, 0.25) is 0 Å². The molecule has 0 saturated carbocycles. The first-order valence-corrected chi connectivity index (χ1v) is 6.49. The number of urea groups is 1. The highest BCUT2D eigenvalue weighted by Crippen LogP contribution is 2.34. The second-order valence-electron chi connectivity index (χ2n) is 4.86. The number of ether oxygens (including phenoxy) is 2. The molecule has 2 rings (SSSR count). The predicted octanol–water partition coefficient (Wildman–Crippen LogP) is 0.932. The smallest absolute Gasteiger partial charge is 0.315 e. The van der Waals surface area contributed by atoms with Crippen molar-refractivity contribution in [1.82, 2.24) is 10.6 Å². The van der Waals surface area contributed by atoms with Crippen LogP contribution < -0.4 is 15.4 Å². The van der Waals surface area contributed by atoms with E-state index in [0.717, 1.165) is 0 Å². The van der Waals surface area contributed by atoms with Crippen molar-refractivity contribution >= 4 is 12.0 Å². The number of phenolic OH excluding ortho intramolecular Hbond substituents is 1. The van der Waals surface area contributed by atoms with Crippen LogP contribution in [0.15, 0.2) is 18.2 Å². The number of methoxy groups -OCH3 is 2. The Morgan fingerprint density at radius 1 is 1.29 bits per heavy atom. The Labute approximate surface area is 122 Å². The number of hydrogen-bond donors (Lipinski definition) is 3. The molecule has 0 radical (unpaired) electrons. The monoisotopic (exact) mass is 294 g/mol. The first-order valence-electron chi connectivity index (χ1n) is 6.49. The van der Waals surface area contributed by atoms with E-state index < -0.39 is 17.9 Å². The van der Waals surface area contributed by atoms with Crippen LogP contribution >= 0.6 is 0 Å². The second-order valence-corrected chi connectivity index (χ2v) is 4.86. The minimum Gasteiger partial charge on any atom is -0.504 e. The third-order valence-corrected chi connectivity index (χ3v) is 3.58. The van der Waals surface area contributed by atoms with Crippen LogP contribution in [0.3, 0.4) is 0 Å². The summed E-state index contributed by atoms with van der Waals surface area (Å²) in [7, 11) is 2.74. The number of carbonyl (C=O) groups is 2. The lowest BCUT2D eigenvalue weighted by Gasteiger charge is -2.36. The molecular formula is C14H18N2O5. The Kier molecular flexibility index (Phi) is 4.21. The van der Waals surface area contributed by atoms with Gasteiger partial charge >= 0.3 is 12.0 Å². The molecule has 0 spiro atoms. The van der Waals surface area contributed by atoms with E-state index in [1.165, 1.54) is 20.3 Å². The lowest BCUT2D eigenvalue weighted by atomic mass is 9.86. The van der Waals surface area contributed by atoms with Gasteiger partial charge in [0.1, 0.15) is 5.92 Å². The third kappa shape index (κ3) is 2.86.